The molecule has 5 heteroatoms. The van der Waals surface area contributed by atoms with Gasteiger partial charge in [0.2, 0.25) is 0 Å². The van der Waals surface area contributed by atoms with E-state index in [4.69, 9.17) is 9.47 Å². The second kappa shape index (κ2) is 11.9. The molecule has 1 aromatic rings. The first-order chi connectivity index (χ1) is 11.6. The Hall–Kier alpha value is -1.58. The molecule has 0 aliphatic rings. The molecule has 0 N–H and O–H groups in total. The number of ether oxygens (including phenoxy) is 2. The minimum absolute atomic E-state index is 0.204. The van der Waals surface area contributed by atoms with E-state index in [9.17, 15) is 9.59 Å². The van der Waals surface area contributed by atoms with E-state index in [0.717, 1.165) is 23.7 Å². The Balaban J connectivity index is 3.00. The van der Waals surface area contributed by atoms with Crippen LogP contribution in [0.2, 0.25) is 0 Å². The third-order valence-electron chi connectivity index (χ3n) is 3.42. The van der Waals surface area contributed by atoms with Crippen molar-refractivity contribution < 1.29 is 19.1 Å². The van der Waals surface area contributed by atoms with Gasteiger partial charge in [-0.25, -0.2) is 0 Å². The van der Waals surface area contributed by atoms with Crippen LogP contribution in [0, 0.1) is 5.92 Å². The van der Waals surface area contributed by atoms with E-state index in [0.29, 0.717) is 17.5 Å². The number of hydrogen-bond donors (Lipinski definition) is 0. The molecule has 0 amide bonds. The van der Waals surface area contributed by atoms with E-state index in [1.54, 1.807) is 13.0 Å². The normalized spacial score (nSPS) is 12.5. The van der Waals surface area contributed by atoms with Gasteiger partial charge in [-0.2, -0.15) is 0 Å². The molecule has 0 aromatic heterocycles. The summed E-state index contributed by atoms with van der Waals surface area (Å²) in [7, 11) is 1.38. The Morgan fingerprint density at radius 1 is 1.17 bits per heavy atom. The van der Waals surface area contributed by atoms with Gasteiger partial charge in [0.25, 0.3) is 0 Å². The molecule has 0 fully saturated rings. The quantitative estimate of drug-likeness (QED) is 0.264. The van der Waals surface area contributed by atoms with Crippen molar-refractivity contribution in [1.29, 1.82) is 0 Å². The van der Waals surface area contributed by atoms with E-state index < -0.39 is 5.92 Å². The molecule has 132 valence electrons. The van der Waals surface area contributed by atoms with Gasteiger partial charge in [-0.1, -0.05) is 0 Å². The van der Waals surface area contributed by atoms with Gasteiger partial charge in [-0.05, 0) is 0 Å². The maximum atomic E-state index is 12.3. The van der Waals surface area contributed by atoms with Crippen LogP contribution < -0.4 is 4.46 Å². The Kier molecular flexibility index (Phi) is 10.1. The van der Waals surface area contributed by atoms with Crippen LogP contribution in [0.3, 0.4) is 0 Å². The van der Waals surface area contributed by atoms with Gasteiger partial charge in [-0.15, -0.1) is 0 Å². The summed E-state index contributed by atoms with van der Waals surface area (Å²) in [5, 5.41) is 0. The van der Waals surface area contributed by atoms with Crippen LogP contribution in [-0.4, -0.2) is 40.6 Å². The zero-order chi connectivity index (χ0) is 17.8. The van der Waals surface area contributed by atoms with Gasteiger partial charge in [0.15, 0.2) is 0 Å². The van der Waals surface area contributed by atoms with E-state index in [1.807, 2.05) is 30.3 Å². The molecule has 0 aliphatic carbocycles. The Morgan fingerprint density at radius 3 is 2.46 bits per heavy atom. The molecule has 0 spiro atoms. The van der Waals surface area contributed by atoms with E-state index in [1.165, 1.54) is 7.11 Å². The second-order valence-electron chi connectivity index (χ2n) is 5.29. The minimum atomic E-state index is -0.397. The average Bonchev–Trinajstić information content (AvgIpc) is 2.60. The molecule has 0 radical (unpaired) electrons. The third kappa shape index (κ3) is 7.33. The van der Waals surface area contributed by atoms with Crippen LogP contribution in [0.25, 0.3) is 0 Å². The number of methoxy groups -OCH3 is 1. The number of benzene rings is 1. The predicted octanol–water partition coefficient (Wildman–Crippen LogP) is 2.83. The molecule has 0 saturated carbocycles. The van der Waals surface area contributed by atoms with Crippen LogP contribution in [0.1, 0.15) is 39.5 Å². The van der Waals surface area contributed by atoms with Crippen molar-refractivity contribution in [2.75, 3.05) is 13.7 Å². The molecule has 4 nitrogen and oxygen atoms in total. The molecular formula is C19H26O4Se. The van der Waals surface area contributed by atoms with Crippen LogP contribution >= 0.6 is 0 Å². The summed E-state index contributed by atoms with van der Waals surface area (Å²) in [6.07, 6.45) is 5.51. The van der Waals surface area contributed by atoms with Crippen molar-refractivity contribution in [2.24, 2.45) is 5.92 Å². The number of esters is 2. The summed E-state index contributed by atoms with van der Waals surface area (Å²) in [5.74, 6) is -1.03. The monoisotopic (exact) mass is 398 g/mol. The van der Waals surface area contributed by atoms with Gasteiger partial charge in [-0.3, -0.25) is 0 Å². The van der Waals surface area contributed by atoms with Crippen molar-refractivity contribution in [3.05, 3.63) is 40.9 Å². The number of carbonyl (C=O) groups excluding carboxylic acids is 2. The van der Waals surface area contributed by atoms with Crippen molar-refractivity contribution in [3.8, 4) is 0 Å². The fourth-order valence-corrected chi connectivity index (χ4v) is 4.11. The topological polar surface area (TPSA) is 52.6 Å². The Labute approximate surface area is 150 Å². The molecule has 1 atom stereocenters. The summed E-state index contributed by atoms with van der Waals surface area (Å²) >= 11 is -0.204. The van der Waals surface area contributed by atoms with Crippen molar-refractivity contribution in [2.45, 2.75) is 39.5 Å². The molecule has 24 heavy (non-hydrogen) atoms. The first-order valence-corrected chi connectivity index (χ1v) is 10.0. The molecule has 0 aliphatic heterocycles. The molecule has 0 bridgehead atoms. The third-order valence-corrected chi connectivity index (χ3v) is 5.58. The standard InChI is InChI=1S/C19H26O4Se/c1-4-6-8-11-15(18(20)22-3)14-17(19(21)23-5-2)24-16-12-9-7-10-13-16/h7,9-10,12-15H,4-6,8,11H2,1-3H3/b17-14-. The van der Waals surface area contributed by atoms with E-state index in [-0.39, 0.29) is 26.9 Å². The average molecular weight is 397 g/mol. The first-order valence-electron chi connectivity index (χ1n) is 8.32. The summed E-state index contributed by atoms with van der Waals surface area (Å²) in [6, 6.07) is 9.79. The predicted molar refractivity (Wildman–Crippen MR) is 96.2 cm³/mol. The maximum absolute atomic E-state index is 12.3. The van der Waals surface area contributed by atoms with Crippen LogP contribution in [0.5, 0.6) is 0 Å². The molecule has 0 heterocycles. The Bertz CT molecular complexity index is 540. The second-order valence-corrected chi connectivity index (χ2v) is 7.63. The van der Waals surface area contributed by atoms with Gasteiger partial charge in [0.1, 0.15) is 0 Å². The fraction of sp³-hybridized carbons (Fsp3) is 0.474. The summed E-state index contributed by atoms with van der Waals surface area (Å²) in [6.45, 7) is 4.22. The fourth-order valence-electron chi connectivity index (χ4n) is 2.18. The van der Waals surface area contributed by atoms with Gasteiger partial charge < -0.3 is 0 Å². The van der Waals surface area contributed by atoms with Gasteiger partial charge in [0.05, 0.1) is 0 Å². The summed E-state index contributed by atoms with van der Waals surface area (Å²) in [4.78, 5) is 24.4. The van der Waals surface area contributed by atoms with E-state index >= 15 is 0 Å². The number of unbranched alkanes of at least 4 members (excludes halogenated alkanes) is 2. The zero-order valence-electron chi connectivity index (χ0n) is 14.6. The molecule has 1 unspecified atom stereocenters. The molecule has 1 rings (SSSR count). The molecular weight excluding hydrogens is 371 g/mol. The molecule has 1 aromatic carbocycles. The van der Waals surface area contributed by atoms with Crippen LogP contribution in [0.4, 0.5) is 0 Å². The number of carbonyl (C=O) groups is 2. The van der Waals surface area contributed by atoms with Crippen molar-refractivity contribution in [1.82, 2.24) is 0 Å². The summed E-state index contributed by atoms with van der Waals surface area (Å²) < 4.78 is 11.7. The van der Waals surface area contributed by atoms with E-state index in [2.05, 4.69) is 6.92 Å². The van der Waals surface area contributed by atoms with Crippen molar-refractivity contribution >= 4 is 31.4 Å². The summed E-state index contributed by atoms with van der Waals surface area (Å²) in [5.41, 5.74) is 0. The zero-order valence-corrected chi connectivity index (χ0v) is 16.3. The first kappa shape index (κ1) is 20.5. The van der Waals surface area contributed by atoms with Crippen molar-refractivity contribution in [3.63, 3.8) is 0 Å². The van der Waals surface area contributed by atoms with Gasteiger partial charge in [0, 0.05) is 0 Å². The Morgan fingerprint density at radius 2 is 1.88 bits per heavy atom. The van der Waals surface area contributed by atoms with Crippen LogP contribution in [-0.2, 0) is 19.1 Å². The van der Waals surface area contributed by atoms with Gasteiger partial charge >= 0.3 is 150 Å². The molecule has 0 saturated heterocycles. The number of hydrogen-bond acceptors (Lipinski definition) is 4. The number of rotatable bonds is 10. The SMILES string of the molecule is CCCCCC(/C=C(\[Se]c1ccccc1)C(=O)OCC)C(=O)OC. The van der Waals surface area contributed by atoms with Crippen LogP contribution in [0.15, 0.2) is 40.9 Å².